The van der Waals surface area contributed by atoms with E-state index in [4.69, 9.17) is 5.73 Å². The van der Waals surface area contributed by atoms with Crippen LogP contribution in [-0.4, -0.2) is 0 Å². The van der Waals surface area contributed by atoms with E-state index in [1.807, 2.05) is 24.3 Å². The monoisotopic (exact) mass is 261 g/mol. The molecule has 0 atom stereocenters. The van der Waals surface area contributed by atoms with Gasteiger partial charge in [-0.3, -0.25) is 0 Å². The predicted octanol–water partition coefficient (Wildman–Crippen LogP) is 3.57. The van der Waals surface area contributed by atoms with E-state index in [-0.39, 0.29) is 0 Å². The van der Waals surface area contributed by atoms with Crippen LogP contribution < -0.4 is 5.73 Å². The van der Waals surface area contributed by atoms with Crippen LogP contribution in [0, 0.1) is 0 Å². The second kappa shape index (κ2) is 4.60. The first-order chi connectivity index (χ1) is 7.31. The molecule has 1 nitrogen and oxygen atoms in total. The second-order valence-electron chi connectivity index (χ2n) is 3.37. The van der Waals surface area contributed by atoms with Crippen LogP contribution in [0.25, 0.3) is 11.1 Å². The molecule has 0 bridgehead atoms. The zero-order valence-electron chi connectivity index (χ0n) is 8.28. The lowest BCUT2D eigenvalue weighted by Gasteiger charge is -2.08. The Hall–Kier alpha value is -1.12. The molecule has 0 radical (unpaired) electrons. The van der Waals surface area contributed by atoms with E-state index in [1.54, 1.807) is 0 Å². The highest BCUT2D eigenvalue weighted by Gasteiger charge is 2.03. The average molecular weight is 262 g/mol. The maximum absolute atomic E-state index is 5.74. The third-order valence-electron chi connectivity index (χ3n) is 2.37. The van der Waals surface area contributed by atoms with Gasteiger partial charge in [-0.25, -0.2) is 0 Å². The highest BCUT2D eigenvalue weighted by Crippen LogP contribution is 2.26. The summed E-state index contributed by atoms with van der Waals surface area (Å²) in [5.41, 5.74) is 9.32. The minimum absolute atomic E-state index is 0.559. The van der Waals surface area contributed by atoms with E-state index in [2.05, 4.69) is 40.2 Å². The van der Waals surface area contributed by atoms with Crippen LogP contribution in [-0.2, 0) is 6.54 Å². The van der Waals surface area contributed by atoms with Crippen LogP contribution in [0.1, 0.15) is 5.56 Å². The Bertz CT molecular complexity index is 451. The Labute approximate surface area is 98.1 Å². The van der Waals surface area contributed by atoms with E-state index < -0.39 is 0 Å². The van der Waals surface area contributed by atoms with E-state index in [0.717, 1.165) is 10.0 Å². The Balaban J connectivity index is 2.53. The van der Waals surface area contributed by atoms with Gasteiger partial charge in [0.25, 0.3) is 0 Å². The first kappa shape index (κ1) is 10.4. The first-order valence-corrected chi connectivity index (χ1v) is 5.64. The summed E-state index contributed by atoms with van der Waals surface area (Å²) >= 11 is 3.45. The van der Waals surface area contributed by atoms with Gasteiger partial charge in [0.1, 0.15) is 0 Å². The second-order valence-corrected chi connectivity index (χ2v) is 4.29. The van der Waals surface area contributed by atoms with Crippen molar-refractivity contribution in [3.63, 3.8) is 0 Å². The molecule has 0 saturated heterocycles. The highest BCUT2D eigenvalue weighted by molar-refractivity contribution is 9.10. The third-order valence-corrected chi connectivity index (χ3v) is 2.87. The first-order valence-electron chi connectivity index (χ1n) is 4.85. The lowest BCUT2D eigenvalue weighted by atomic mass is 10.00. The van der Waals surface area contributed by atoms with Gasteiger partial charge in [-0.15, -0.1) is 0 Å². The van der Waals surface area contributed by atoms with Crippen LogP contribution in [0.4, 0.5) is 0 Å². The summed E-state index contributed by atoms with van der Waals surface area (Å²) in [5, 5.41) is 0. The van der Waals surface area contributed by atoms with Gasteiger partial charge in [-0.05, 0) is 28.8 Å². The Kier molecular flexibility index (Phi) is 3.19. The van der Waals surface area contributed by atoms with Crippen LogP contribution >= 0.6 is 15.9 Å². The zero-order chi connectivity index (χ0) is 10.7. The standard InChI is InChI=1S/C13H12BrN/c14-12-6-7-13(11(8-12)9-15)10-4-2-1-3-5-10/h1-8H,9,15H2. The van der Waals surface area contributed by atoms with Crippen LogP contribution in [0.3, 0.4) is 0 Å². The molecule has 0 fully saturated rings. The van der Waals surface area contributed by atoms with Gasteiger partial charge in [0, 0.05) is 11.0 Å². The normalized spacial score (nSPS) is 10.3. The van der Waals surface area contributed by atoms with Gasteiger partial charge in [-0.2, -0.15) is 0 Å². The molecule has 0 aliphatic heterocycles. The maximum Gasteiger partial charge on any atom is 0.0184 e. The molecular formula is C13H12BrN. The Morgan fingerprint density at radius 2 is 1.73 bits per heavy atom. The van der Waals surface area contributed by atoms with E-state index >= 15 is 0 Å². The summed E-state index contributed by atoms with van der Waals surface area (Å²) in [5.74, 6) is 0. The van der Waals surface area contributed by atoms with E-state index in [0.29, 0.717) is 6.54 Å². The number of nitrogens with two attached hydrogens (primary N) is 1. The van der Waals surface area contributed by atoms with Crippen molar-refractivity contribution in [1.82, 2.24) is 0 Å². The molecule has 2 rings (SSSR count). The fourth-order valence-electron chi connectivity index (χ4n) is 1.63. The number of rotatable bonds is 2. The van der Waals surface area contributed by atoms with Crippen molar-refractivity contribution < 1.29 is 0 Å². The molecule has 0 unspecified atom stereocenters. The lowest BCUT2D eigenvalue weighted by molar-refractivity contribution is 1.07. The summed E-state index contributed by atoms with van der Waals surface area (Å²) in [4.78, 5) is 0. The summed E-state index contributed by atoms with van der Waals surface area (Å²) in [6, 6.07) is 16.5. The fraction of sp³-hybridized carbons (Fsp3) is 0.0769. The van der Waals surface area contributed by atoms with Crippen molar-refractivity contribution in [2.24, 2.45) is 5.73 Å². The topological polar surface area (TPSA) is 26.0 Å². The molecule has 2 aromatic rings. The molecule has 2 N–H and O–H groups in total. The SMILES string of the molecule is NCc1cc(Br)ccc1-c1ccccc1. The number of hydrogen-bond acceptors (Lipinski definition) is 1. The molecule has 15 heavy (non-hydrogen) atoms. The van der Waals surface area contributed by atoms with Crippen molar-refractivity contribution in [1.29, 1.82) is 0 Å². The Morgan fingerprint density at radius 3 is 2.40 bits per heavy atom. The van der Waals surface area contributed by atoms with Crippen molar-refractivity contribution in [3.05, 3.63) is 58.6 Å². The number of halogens is 1. The van der Waals surface area contributed by atoms with Crippen LogP contribution in [0.15, 0.2) is 53.0 Å². The molecule has 2 aromatic carbocycles. The largest absolute Gasteiger partial charge is 0.326 e. The van der Waals surface area contributed by atoms with Crippen molar-refractivity contribution >= 4 is 15.9 Å². The van der Waals surface area contributed by atoms with Gasteiger partial charge in [0.05, 0.1) is 0 Å². The Morgan fingerprint density at radius 1 is 1.00 bits per heavy atom. The smallest absolute Gasteiger partial charge is 0.0184 e. The molecular weight excluding hydrogens is 250 g/mol. The summed E-state index contributed by atoms with van der Waals surface area (Å²) in [6.07, 6.45) is 0. The van der Waals surface area contributed by atoms with Gasteiger partial charge in [0.2, 0.25) is 0 Å². The summed E-state index contributed by atoms with van der Waals surface area (Å²) < 4.78 is 1.07. The predicted molar refractivity (Wildman–Crippen MR) is 67.5 cm³/mol. The molecule has 0 amide bonds. The zero-order valence-corrected chi connectivity index (χ0v) is 9.87. The molecule has 0 aliphatic rings. The molecule has 0 saturated carbocycles. The van der Waals surface area contributed by atoms with Crippen molar-refractivity contribution in [2.45, 2.75) is 6.54 Å². The molecule has 0 heterocycles. The van der Waals surface area contributed by atoms with Gasteiger partial charge in [-0.1, -0.05) is 52.3 Å². The van der Waals surface area contributed by atoms with Gasteiger partial charge in [0.15, 0.2) is 0 Å². The number of benzene rings is 2. The molecule has 76 valence electrons. The molecule has 0 aliphatic carbocycles. The van der Waals surface area contributed by atoms with Gasteiger partial charge < -0.3 is 5.73 Å². The maximum atomic E-state index is 5.74. The summed E-state index contributed by atoms with van der Waals surface area (Å²) in [6.45, 7) is 0.559. The average Bonchev–Trinajstić information content (AvgIpc) is 2.30. The summed E-state index contributed by atoms with van der Waals surface area (Å²) in [7, 11) is 0. The van der Waals surface area contributed by atoms with Crippen LogP contribution in [0.2, 0.25) is 0 Å². The highest BCUT2D eigenvalue weighted by atomic mass is 79.9. The van der Waals surface area contributed by atoms with Gasteiger partial charge >= 0.3 is 0 Å². The lowest BCUT2D eigenvalue weighted by Crippen LogP contribution is -1.98. The van der Waals surface area contributed by atoms with Crippen LogP contribution in [0.5, 0.6) is 0 Å². The van der Waals surface area contributed by atoms with E-state index in [1.165, 1.54) is 11.1 Å². The van der Waals surface area contributed by atoms with Crippen molar-refractivity contribution in [3.8, 4) is 11.1 Å². The molecule has 2 heteroatoms. The third kappa shape index (κ3) is 2.28. The molecule has 0 aromatic heterocycles. The minimum atomic E-state index is 0.559. The minimum Gasteiger partial charge on any atom is -0.326 e. The van der Waals surface area contributed by atoms with E-state index in [9.17, 15) is 0 Å². The fourth-order valence-corrected chi connectivity index (χ4v) is 2.04. The van der Waals surface area contributed by atoms with Crippen molar-refractivity contribution in [2.75, 3.05) is 0 Å². The quantitative estimate of drug-likeness (QED) is 0.879. The molecule has 0 spiro atoms. The number of hydrogen-bond donors (Lipinski definition) is 1.